The molecule has 2 N–H and O–H groups in total. The molecule has 8 heteroatoms. The minimum absolute atomic E-state index is 0.00699. The molecule has 0 fully saturated rings. The van der Waals surface area contributed by atoms with E-state index in [-0.39, 0.29) is 26.5 Å². The Morgan fingerprint density at radius 1 is 1.50 bits per heavy atom. The summed E-state index contributed by atoms with van der Waals surface area (Å²) in [4.78, 5) is 9.70. The second-order valence-corrected chi connectivity index (χ2v) is 6.10. The number of benzene rings is 1. The molecule has 0 atom stereocenters. The van der Waals surface area contributed by atoms with Gasteiger partial charge in [-0.15, -0.1) is 0 Å². The molecule has 1 rings (SSSR count). The maximum atomic E-state index is 11.6. The van der Waals surface area contributed by atoms with Gasteiger partial charge in [-0.1, -0.05) is 6.92 Å². The SMILES string of the molecule is CCS(=O)(=O)c1cc([N+](=O)[O-])cc(Br)c1N. The highest BCUT2D eigenvalue weighted by atomic mass is 79.9. The summed E-state index contributed by atoms with van der Waals surface area (Å²) < 4.78 is 23.5. The summed E-state index contributed by atoms with van der Waals surface area (Å²) in [5.41, 5.74) is 5.25. The van der Waals surface area contributed by atoms with Crippen molar-refractivity contribution in [2.75, 3.05) is 11.5 Å². The second kappa shape index (κ2) is 4.38. The third kappa shape index (κ3) is 2.33. The van der Waals surface area contributed by atoms with Crippen molar-refractivity contribution >= 4 is 37.1 Å². The lowest BCUT2D eigenvalue weighted by atomic mass is 10.3. The van der Waals surface area contributed by atoms with Crippen LogP contribution in [-0.2, 0) is 9.84 Å². The second-order valence-electron chi connectivity index (χ2n) is 3.00. The van der Waals surface area contributed by atoms with Crippen LogP contribution in [-0.4, -0.2) is 19.1 Å². The molecule has 0 amide bonds. The molecule has 0 radical (unpaired) electrons. The van der Waals surface area contributed by atoms with Crippen molar-refractivity contribution < 1.29 is 13.3 Å². The van der Waals surface area contributed by atoms with Crippen molar-refractivity contribution in [3.63, 3.8) is 0 Å². The Bertz CT molecular complexity index is 541. The fraction of sp³-hybridized carbons (Fsp3) is 0.250. The molecule has 6 nitrogen and oxygen atoms in total. The third-order valence-electron chi connectivity index (χ3n) is 2.00. The van der Waals surface area contributed by atoms with Gasteiger partial charge in [-0.3, -0.25) is 10.1 Å². The Morgan fingerprint density at radius 3 is 2.50 bits per heavy atom. The molecule has 0 heterocycles. The third-order valence-corrected chi connectivity index (χ3v) is 4.43. The maximum Gasteiger partial charge on any atom is 0.272 e. The van der Waals surface area contributed by atoms with E-state index in [0.717, 1.165) is 6.07 Å². The van der Waals surface area contributed by atoms with Crippen LogP contribution in [0.25, 0.3) is 0 Å². The van der Waals surface area contributed by atoms with Crippen molar-refractivity contribution in [3.05, 3.63) is 26.7 Å². The van der Waals surface area contributed by atoms with E-state index in [2.05, 4.69) is 15.9 Å². The number of rotatable bonds is 3. The van der Waals surface area contributed by atoms with Gasteiger partial charge in [-0.25, -0.2) is 8.42 Å². The first-order valence-electron chi connectivity index (χ1n) is 4.25. The lowest BCUT2D eigenvalue weighted by Crippen LogP contribution is -2.08. The molecule has 0 aliphatic carbocycles. The van der Waals surface area contributed by atoms with E-state index >= 15 is 0 Å². The van der Waals surface area contributed by atoms with Crippen molar-refractivity contribution in [1.82, 2.24) is 0 Å². The van der Waals surface area contributed by atoms with Gasteiger partial charge >= 0.3 is 0 Å². The van der Waals surface area contributed by atoms with E-state index in [9.17, 15) is 18.5 Å². The predicted molar refractivity (Wildman–Crippen MR) is 62.9 cm³/mol. The van der Waals surface area contributed by atoms with Crippen molar-refractivity contribution in [1.29, 1.82) is 0 Å². The van der Waals surface area contributed by atoms with Crippen molar-refractivity contribution in [2.45, 2.75) is 11.8 Å². The molecule has 0 spiro atoms. The Morgan fingerprint density at radius 2 is 2.06 bits per heavy atom. The van der Waals surface area contributed by atoms with E-state index in [0.29, 0.717) is 0 Å². The number of sulfone groups is 1. The molecule has 0 unspecified atom stereocenters. The number of non-ortho nitro benzene ring substituents is 1. The molecule has 0 bridgehead atoms. The number of nitrogen functional groups attached to an aromatic ring is 1. The van der Waals surface area contributed by atoms with Gasteiger partial charge in [0.1, 0.15) is 0 Å². The lowest BCUT2D eigenvalue weighted by molar-refractivity contribution is -0.385. The summed E-state index contributed by atoms with van der Waals surface area (Å²) in [5, 5.41) is 10.6. The van der Waals surface area contributed by atoms with Crippen LogP contribution < -0.4 is 5.73 Å². The number of nitro groups is 1. The van der Waals surface area contributed by atoms with Crippen LogP contribution in [0.15, 0.2) is 21.5 Å². The molecule has 0 saturated heterocycles. The lowest BCUT2D eigenvalue weighted by Gasteiger charge is -2.07. The predicted octanol–water partition coefficient (Wildman–Crippen LogP) is 1.73. The minimum atomic E-state index is -3.57. The Balaban J connectivity index is 3.57. The fourth-order valence-corrected chi connectivity index (χ4v) is 2.73. The average Bonchev–Trinajstić information content (AvgIpc) is 2.21. The van der Waals surface area contributed by atoms with Gasteiger partial charge < -0.3 is 5.73 Å². The van der Waals surface area contributed by atoms with E-state index in [1.165, 1.54) is 13.0 Å². The van der Waals surface area contributed by atoms with Gasteiger partial charge in [0, 0.05) is 16.6 Å². The van der Waals surface area contributed by atoms with E-state index in [1.54, 1.807) is 0 Å². The van der Waals surface area contributed by atoms with Crippen molar-refractivity contribution in [3.8, 4) is 0 Å². The van der Waals surface area contributed by atoms with Gasteiger partial charge in [0.15, 0.2) is 9.84 Å². The Kier molecular flexibility index (Phi) is 3.54. The monoisotopic (exact) mass is 308 g/mol. The molecule has 0 aliphatic heterocycles. The normalized spacial score (nSPS) is 11.4. The summed E-state index contributed by atoms with van der Waals surface area (Å²) in [5.74, 6) is -0.162. The van der Waals surface area contributed by atoms with Crippen molar-refractivity contribution in [2.24, 2.45) is 0 Å². The average molecular weight is 309 g/mol. The zero-order valence-corrected chi connectivity index (χ0v) is 10.7. The summed E-state index contributed by atoms with van der Waals surface area (Å²) in [7, 11) is -3.57. The number of nitrogens with zero attached hydrogens (tertiary/aromatic N) is 1. The first-order chi connectivity index (χ1) is 7.29. The number of nitrogens with two attached hydrogens (primary N) is 1. The zero-order chi connectivity index (χ0) is 12.5. The zero-order valence-electron chi connectivity index (χ0n) is 8.31. The molecular formula is C8H9BrN2O4S. The topological polar surface area (TPSA) is 103 Å². The van der Waals surface area contributed by atoms with E-state index in [1.807, 2.05) is 0 Å². The van der Waals surface area contributed by atoms with Crippen LogP contribution in [0.3, 0.4) is 0 Å². The molecular weight excluding hydrogens is 300 g/mol. The number of hydrogen-bond acceptors (Lipinski definition) is 5. The maximum absolute atomic E-state index is 11.6. The fourth-order valence-electron chi connectivity index (χ4n) is 1.10. The highest BCUT2D eigenvalue weighted by molar-refractivity contribution is 9.10. The van der Waals surface area contributed by atoms with Crippen LogP contribution in [0.1, 0.15) is 6.92 Å². The largest absolute Gasteiger partial charge is 0.397 e. The Labute approximate surface area is 101 Å². The first-order valence-corrected chi connectivity index (χ1v) is 6.70. The molecule has 0 saturated carbocycles. The number of hydrogen-bond donors (Lipinski definition) is 1. The van der Waals surface area contributed by atoms with Gasteiger partial charge in [0.05, 0.1) is 21.3 Å². The van der Waals surface area contributed by atoms with Crippen LogP contribution in [0.2, 0.25) is 0 Å². The summed E-state index contributed by atoms with van der Waals surface area (Å²) >= 11 is 2.99. The summed E-state index contributed by atoms with van der Waals surface area (Å²) in [6, 6.07) is 2.14. The summed E-state index contributed by atoms with van der Waals surface area (Å²) in [6.07, 6.45) is 0. The summed E-state index contributed by atoms with van der Waals surface area (Å²) in [6.45, 7) is 1.45. The molecule has 1 aromatic rings. The standard InChI is InChI=1S/C8H9BrN2O4S/c1-2-16(14,15)7-4-5(11(12)13)3-6(9)8(7)10/h3-4H,2,10H2,1H3. The smallest absolute Gasteiger partial charge is 0.272 e. The van der Waals surface area contributed by atoms with Crippen LogP contribution in [0.5, 0.6) is 0 Å². The Hall–Kier alpha value is -1.15. The van der Waals surface area contributed by atoms with Gasteiger partial charge in [-0.05, 0) is 15.9 Å². The molecule has 88 valence electrons. The van der Waals surface area contributed by atoms with Crippen LogP contribution in [0, 0.1) is 10.1 Å². The highest BCUT2D eigenvalue weighted by Crippen LogP contribution is 2.32. The molecule has 1 aromatic carbocycles. The quantitative estimate of drug-likeness (QED) is 0.520. The minimum Gasteiger partial charge on any atom is -0.397 e. The molecule has 0 aromatic heterocycles. The molecule has 16 heavy (non-hydrogen) atoms. The number of nitro benzene ring substituents is 1. The van der Waals surface area contributed by atoms with E-state index < -0.39 is 14.8 Å². The van der Waals surface area contributed by atoms with Gasteiger partial charge in [0.25, 0.3) is 5.69 Å². The number of anilines is 1. The van der Waals surface area contributed by atoms with Crippen LogP contribution >= 0.6 is 15.9 Å². The molecule has 0 aliphatic rings. The first kappa shape index (κ1) is 12.9. The number of halogens is 1. The van der Waals surface area contributed by atoms with Crippen LogP contribution in [0.4, 0.5) is 11.4 Å². The van der Waals surface area contributed by atoms with Gasteiger partial charge in [-0.2, -0.15) is 0 Å². The van der Waals surface area contributed by atoms with Gasteiger partial charge in [0.2, 0.25) is 0 Å². The van der Waals surface area contributed by atoms with E-state index in [4.69, 9.17) is 5.73 Å². The highest BCUT2D eigenvalue weighted by Gasteiger charge is 2.21.